The van der Waals surface area contributed by atoms with Gasteiger partial charge in [0.15, 0.2) is 0 Å². The topological polar surface area (TPSA) is 98.1 Å². The number of allylic oxidation sites excluding steroid dienone is 6. The number of aryl methyl sites for hydroxylation is 1. The molecule has 0 heterocycles. The quantitative estimate of drug-likeness (QED) is 0.0779. The Morgan fingerprint density at radius 3 is 0.966 bits per heavy atom. The Morgan fingerprint density at radius 1 is 0.368 bits per heavy atom. The highest BCUT2D eigenvalue weighted by Crippen LogP contribution is 2.40. The molecule has 0 unspecified atom stereocenters. The van der Waals surface area contributed by atoms with Crippen molar-refractivity contribution in [3.63, 3.8) is 0 Å². The van der Waals surface area contributed by atoms with Gasteiger partial charge in [-0.3, -0.25) is 0 Å². The fourth-order valence-electron chi connectivity index (χ4n) is 11.9. The fourth-order valence-corrected chi connectivity index (χ4v) is 12.4. The van der Waals surface area contributed by atoms with Gasteiger partial charge < -0.3 is 24.2 Å². The molecule has 0 radical (unpaired) electrons. The van der Waals surface area contributed by atoms with E-state index in [1.54, 1.807) is 12.1 Å². The third kappa shape index (κ3) is 15.3. The van der Waals surface area contributed by atoms with E-state index >= 15 is 0 Å². The van der Waals surface area contributed by atoms with Gasteiger partial charge in [-0.05, 0) is 228 Å². The van der Waals surface area contributed by atoms with Crippen molar-refractivity contribution in [3.05, 3.63) is 256 Å². The van der Waals surface area contributed by atoms with Gasteiger partial charge in [0.05, 0.1) is 16.0 Å². The summed E-state index contributed by atoms with van der Waals surface area (Å²) in [5.74, 6) is 0. The lowest BCUT2D eigenvalue weighted by Gasteiger charge is -2.24. The van der Waals surface area contributed by atoms with Crippen LogP contribution in [-0.2, 0) is 10.1 Å². The molecule has 2 aliphatic rings. The molecule has 0 atom stereocenters. The van der Waals surface area contributed by atoms with Crippen LogP contribution in [0.25, 0.3) is 33.1 Å². The molecule has 0 saturated carbocycles. The summed E-state index contributed by atoms with van der Waals surface area (Å²) in [6.07, 6.45) is 9.03. The van der Waals surface area contributed by atoms with Gasteiger partial charge >= 0.3 is 0 Å². The summed E-state index contributed by atoms with van der Waals surface area (Å²) in [4.78, 5) is 16.5. The Balaban J connectivity index is 0.000000183. The predicted octanol–water partition coefficient (Wildman–Crippen LogP) is 13.6. The van der Waals surface area contributed by atoms with E-state index in [1.807, 2.05) is 19.1 Å². The zero-order valence-corrected chi connectivity index (χ0v) is 53.9. The second-order valence-electron chi connectivity index (χ2n) is 21.6. The molecule has 9 nitrogen and oxygen atoms in total. The average molecular weight is 1180 g/mol. The van der Waals surface area contributed by atoms with Crippen molar-refractivity contribution in [1.82, 2.24) is 0 Å². The van der Waals surface area contributed by atoms with Crippen LogP contribution in [0.5, 0.6) is 0 Å². The minimum absolute atomic E-state index is 0.182. The number of rotatable bonds is 19. The third-order valence-electron chi connectivity index (χ3n) is 16.5. The van der Waals surface area contributed by atoms with Crippen LogP contribution in [0.2, 0.25) is 0 Å². The molecule has 2 N–H and O–H groups in total. The Hall–Kier alpha value is -8.57. The second kappa shape index (κ2) is 30.7. The van der Waals surface area contributed by atoms with Crippen LogP contribution in [0, 0.1) is 6.92 Å². The molecule has 0 saturated heterocycles. The Kier molecular flexibility index (Phi) is 22.7. The van der Waals surface area contributed by atoms with E-state index in [0.717, 1.165) is 81.8 Å². The molecule has 0 aliphatic heterocycles. The van der Waals surface area contributed by atoms with Crippen LogP contribution in [0.4, 0.5) is 22.7 Å². The first-order valence-corrected chi connectivity index (χ1v) is 32.8. The zero-order valence-electron chi connectivity index (χ0n) is 53.1. The smallest absolute Gasteiger partial charge is 0.206 e. The van der Waals surface area contributed by atoms with E-state index in [1.165, 1.54) is 113 Å². The highest BCUT2D eigenvalue weighted by molar-refractivity contribution is 7.85. The third-order valence-corrected chi connectivity index (χ3v) is 17.3. The van der Waals surface area contributed by atoms with Crippen molar-refractivity contribution < 1.29 is 23.0 Å². The molecule has 0 aromatic heterocycles. The number of hydrogen-bond donors (Lipinski definition) is 2. The predicted molar refractivity (Wildman–Crippen MR) is 371 cm³/mol. The number of fused-ring (bicyclic) bond motifs is 3. The van der Waals surface area contributed by atoms with Crippen LogP contribution in [0.15, 0.2) is 211 Å². The summed E-state index contributed by atoms with van der Waals surface area (Å²) in [6, 6.07) is 63.9. The summed E-state index contributed by atoms with van der Waals surface area (Å²) < 4.78 is 32.4. The van der Waals surface area contributed by atoms with Crippen molar-refractivity contribution in [1.29, 1.82) is 0 Å². The second-order valence-corrected chi connectivity index (χ2v) is 22.9. The Bertz CT molecular complexity index is 3580. The van der Waals surface area contributed by atoms with Gasteiger partial charge in [0.1, 0.15) is 23.2 Å². The fraction of sp³-hybridized carbons (Fsp3) is 0.273. The van der Waals surface area contributed by atoms with E-state index < -0.39 is 10.1 Å². The van der Waals surface area contributed by atoms with Gasteiger partial charge in [0.2, 0.25) is 11.4 Å². The van der Waals surface area contributed by atoms with Crippen LogP contribution in [0.1, 0.15) is 119 Å². The number of nitrogens with zero attached hydrogens (tertiary/aromatic N) is 4. The van der Waals surface area contributed by atoms with Crippen molar-refractivity contribution in [2.24, 2.45) is 0 Å². The number of hydrogen-bond acceptors (Lipinski definition) is 7. The van der Waals surface area contributed by atoms with E-state index in [-0.39, 0.29) is 4.90 Å². The highest BCUT2D eigenvalue weighted by atomic mass is 32.2. The molecular weight excluding hydrogens is 1090 g/mol. The molecule has 450 valence electrons. The molecule has 87 heavy (non-hydrogen) atoms. The van der Waals surface area contributed by atoms with Crippen LogP contribution in [0.3, 0.4) is 0 Å². The molecule has 0 spiro atoms. The highest BCUT2D eigenvalue weighted by Gasteiger charge is 2.25. The lowest BCUT2D eigenvalue weighted by atomic mass is 9.83. The first-order valence-electron chi connectivity index (χ1n) is 31.4. The first-order chi connectivity index (χ1) is 42.3. The largest absolute Gasteiger partial charge is 0.744 e. The van der Waals surface area contributed by atoms with E-state index in [4.69, 9.17) is 0 Å². The first kappa shape index (κ1) is 64.4. The van der Waals surface area contributed by atoms with Crippen LogP contribution < -0.4 is 29.6 Å². The summed E-state index contributed by atoms with van der Waals surface area (Å²) >= 11 is 0. The van der Waals surface area contributed by atoms with Gasteiger partial charge in [-0.25, -0.2) is 18.4 Å². The maximum Gasteiger partial charge on any atom is 0.206 e. The van der Waals surface area contributed by atoms with E-state index in [9.17, 15) is 13.0 Å². The van der Waals surface area contributed by atoms with Gasteiger partial charge in [-0.1, -0.05) is 115 Å². The number of benzene rings is 8. The van der Waals surface area contributed by atoms with Crippen molar-refractivity contribution >= 4 is 77.4 Å². The normalized spacial score (nSPS) is 13.3. The van der Waals surface area contributed by atoms with Gasteiger partial charge in [-0.2, -0.15) is 0 Å². The molecule has 8 aromatic carbocycles. The molecule has 2 aliphatic carbocycles. The molecule has 8 aromatic rings. The van der Waals surface area contributed by atoms with E-state index in [0.29, 0.717) is 0 Å². The molecule has 10 rings (SSSR count). The summed E-state index contributed by atoms with van der Waals surface area (Å²) in [5, 5.41) is 1.69. The van der Waals surface area contributed by atoms with Crippen molar-refractivity contribution in [2.45, 2.75) is 81.1 Å². The Labute approximate surface area is 519 Å². The minimum Gasteiger partial charge on any atom is -0.744 e. The lowest BCUT2D eigenvalue weighted by molar-refractivity contribution is -0.451. The maximum atomic E-state index is 10.8. The standard InChI is InChI=1S/2C33H39N3.C11H10O3S/c2*1-6-34-32-24-23-31(29-13-11-12-14-30(29)32)33(25-15-19-27(20-16-25)35(7-2)8-3)26-17-21-28(22-18-26)36(9-4)10-5;1-8-2-3-10-7-11(15(12,13)14)5-4-9(10)6-8/h2*11-24H,6-10H2,1-5H3;2-7H,1H3,(H,12,13,14)/p+1. The van der Waals surface area contributed by atoms with Gasteiger partial charge in [-0.15, -0.1) is 0 Å². The molecule has 10 heteroatoms. The maximum absolute atomic E-state index is 10.8. The molecule has 0 bridgehead atoms. The van der Waals surface area contributed by atoms with Crippen molar-refractivity contribution in [2.75, 3.05) is 85.0 Å². The summed E-state index contributed by atoms with van der Waals surface area (Å²) in [6.45, 7) is 33.8. The number of nitrogens with one attached hydrogen (secondary N) is 2. The summed E-state index contributed by atoms with van der Waals surface area (Å²) in [7, 11) is -4.35. The monoisotopic (exact) mass is 1180 g/mol. The van der Waals surface area contributed by atoms with Crippen LogP contribution >= 0.6 is 0 Å². The molecule has 0 fully saturated rings. The average Bonchev–Trinajstić information content (AvgIpc) is 2.86. The molecule has 0 amide bonds. The van der Waals surface area contributed by atoms with Crippen LogP contribution in [-0.4, -0.2) is 89.8 Å². The number of anilines is 4. The van der Waals surface area contributed by atoms with Gasteiger partial charge in [0.25, 0.3) is 0 Å². The van der Waals surface area contributed by atoms with E-state index in [2.05, 4.69) is 269 Å². The molecular formula is C77H89N6O3S+. The van der Waals surface area contributed by atoms with Crippen molar-refractivity contribution in [3.8, 4) is 0 Å². The lowest BCUT2D eigenvalue weighted by Crippen LogP contribution is -2.72. The summed E-state index contributed by atoms with van der Waals surface area (Å²) in [5.41, 5.74) is 23.6. The van der Waals surface area contributed by atoms with Gasteiger partial charge in [0, 0.05) is 87.3 Å². The zero-order chi connectivity index (χ0) is 62.0. The SMILES string of the molecule is CC[NH+]=C1C=CC(=C(c2ccc(N(CC)CC)cc2)c2ccc(N(CC)CC)cc2)c2ccccc21.CC[NH+]=C1C=CC(=C(c2ccc(N(CC)CC)cc2)c2ccc(N(CC)CC)cc2)c2ccccc21.Cc1ccc2cc(S(=O)(=O)[O-])ccc2c1. The Morgan fingerprint density at radius 2 is 0.667 bits per heavy atom. The minimum atomic E-state index is -4.35.